The van der Waals surface area contributed by atoms with E-state index in [1.807, 2.05) is 0 Å². The number of hydrogen-bond donors (Lipinski definition) is 3. The number of alkyl halides is 3. The van der Waals surface area contributed by atoms with Crippen molar-refractivity contribution >= 4 is 17.5 Å². The van der Waals surface area contributed by atoms with Crippen LogP contribution < -0.4 is 10.6 Å². The molecule has 0 aliphatic carbocycles. The average Bonchev–Trinajstić information content (AvgIpc) is 2.69. The van der Waals surface area contributed by atoms with E-state index in [0.29, 0.717) is 11.3 Å². The summed E-state index contributed by atoms with van der Waals surface area (Å²) in [5, 5.41) is 14.5. The van der Waals surface area contributed by atoms with Gasteiger partial charge in [0.25, 0.3) is 0 Å². The van der Waals surface area contributed by atoms with Gasteiger partial charge < -0.3 is 15.7 Å². The van der Waals surface area contributed by atoms with Gasteiger partial charge in [-0.05, 0) is 31.2 Å². The summed E-state index contributed by atoms with van der Waals surface area (Å²) in [6, 6.07) is 7.05. The van der Waals surface area contributed by atoms with E-state index in [2.05, 4.69) is 25.6 Å². The molecule has 2 heterocycles. The van der Waals surface area contributed by atoms with Gasteiger partial charge in [0.1, 0.15) is 11.6 Å². The lowest BCUT2D eigenvalue weighted by molar-refractivity contribution is -0.137. The lowest BCUT2D eigenvalue weighted by atomic mass is 10.1. The van der Waals surface area contributed by atoms with Gasteiger partial charge in [0.2, 0.25) is 5.95 Å². The van der Waals surface area contributed by atoms with Crippen molar-refractivity contribution in [2.75, 3.05) is 17.2 Å². The first-order valence-corrected chi connectivity index (χ1v) is 8.57. The number of nitrogens with zero attached hydrogens (tertiary/aromatic N) is 3. The SMILES string of the molecule is C[C@H](CO)Nc1nc(Nc2c(F)cccc2C(F)(F)F)cc(-c2cccnc2)n1. The molecule has 152 valence electrons. The molecule has 3 aromatic rings. The minimum atomic E-state index is -4.75. The molecule has 0 fully saturated rings. The maximum absolute atomic E-state index is 14.2. The third-order valence-corrected chi connectivity index (χ3v) is 3.90. The fourth-order valence-corrected chi connectivity index (χ4v) is 2.52. The number of hydrogen-bond acceptors (Lipinski definition) is 6. The zero-order chi connectivity index (χ0) is 21.0. The molecule has 10 heteroatoms. The van der Waals surface area contributed by atoms with Gasteiger partial charge >= 0.3 is 6.18 Å². The van der Waals surface area contributed by atoms with E-state index in [4.69, 9.17) is 0 Å². The molecule has 0 spiro atoms. The van der Waals surface area contributed by atoms with Gasteiger partial charge in [-0.1, -0.05) is 6.07 Å². The molecular formula is C19H17F4N5O. The molecule has 0 saturated carbocycles. The quantitative estimate of drug-likeness (QED) is 0.531. The molecule has 3 N–H and O–H groups in total. The van der Waals surface area contributed by atoms with Crippen LogP contribution in [0.25, 0.3) is 11.3 Å². The molecule has 0 aliphatic heterocycles. The Balaban J connectivity index is 2.07. The molecular weight excluding hydrogens is 390 g/mol. The van der Waals surface area contributed by atoms with Crippen molar-refractivity contribution in [1.29, 1.82) is 0 Å². The van der Waals surface area contributed by atoms with Crippen LogP contribution in [0.1, 0.15) is 12.5 Å². The molecule has 29 heavy (non-hydrogen) atoms. The summed E-state index contributed by atoms with van der Waals surface area (Å²) in [6.45, 7) is 1.46. The van der Waals surface area contributed by atoms with E-state index in [0.717, 1.165) is 18.2 Å². The molecule has 1 aromatic carbocycles. The minimum Gasteiger partial charge on any atom is -0.394 e. The van der Waals surface area contributed by atoms with Gasteiger partial charge in [-0.15, -0.1) is 0 Å². The van der Waals surface area contributed by atoms with Crippen molar-refractivity contribution in [2.24, 2.45) is 0 Å². The number of para-hydroxylation sites is 1. The highest BCUT2D eigenvalue weighted by atomic mass is 19.4. The highest BCUT2D eigenvalue weighted by Gasteiger charge is 2.35. The molecule has 3 rings (SSSR count). The van der Waals surface area contributed by atoms with Crippen LogP contribution in [0.4, 0.5) is 35.0 Å². The van der Waals surface area contributed by atoms with Gasteiger partial charge in [-0.3, -0.25) is 4.98 Å². The zero-order valence-corrected chi connectivity index (χ0v) is 15.2. The van der Waals surface area contributed by atoms with Crippen molar-refractivity contribution in [3.05, 3.63) is 60.2 Å². The topological polar surface area (TPSA) is 83.0 Å². The fraction of sp³-hybridized carbons (Fsp3) is 0.211. The number of benzene rings is 1. The number of halogens is 4. The Kier molecular flexibility index (Phi) is 5.92. The lowest BCUT2D eigenvalue weighted by Gasteiger charge is -2.17. The van der Waals surface area contributed by atoms with E-state index in [1.165, 1.54) is 12.3 Å². The number of nitrogens with one attached hydrogen (secondary N) is 2. The van der Waals surface area contributed by atoms with Crippen LogP contribution in [0, 0.1) is 5.82 Å². The van der Waals surface area contributed by atoms with Crippen molar-refractivity contribution in [3.8, 4) is 11.3 Å². The zero-order valence-electron chi connectivity index (χ0n) is 15.2. The summed E-state index contributed by atoms with van der Waals surface area (Å²) in [6.07, 6.45) is -1.67. The van der Waals surface area contributed by atoms with Crippen LogP contribution in [0.2, 0.25) is 0 Å². The largest absolute Gasteiger partial charge is 0.418 e. The van der Waals surface area contributed by atoms with Gasteiger partial charge in [-0.2, -0.15) is 18.2 Å². The Morgan fingerprint density at radius 2 is 1.93 bits per heavy atom. The molecule has 0 bridgehead atoms. The highest BCUT2D eigenvalue weighted by molar-refractivity contribution is 5.68. The summed E-state index contributed by atoms with van der Waals surface area (Å²) < 4.78 is 54.0. The lowest BCUT2D eigenvalue weighted by Crippen LogP contribution is -2.21. The number of aliphatic hydroxyl groups excluding tert-OH is 1. The fourth-order valence-electron chi connectivity index (χ4n) is 2.52. The first-order chi connectivity index (χ1) is 13.8. The van der Waals surface area contributed by atoms with E-state index in [9.17, 15) is 22.7 Å². The number of aromatic nitrogens is 3. The number of aliphatic hydroxyl groups is 1. The maximum Gasteiger partial charge on any atom is 0.418 e. The summed E-state index contributed by atoms with van der Waals surface area (Å²) in [5.74, 6) is -1.07. The second-order valence-corrected chi connectivity index (χ2v) is 6.22. The van der Waals surface area contributed by atoms with Crippen LogP contribution in [-0.2, 0) is 6.18 Å². The molecule has 0 amide bonds. The summed E-state index contributed by atoms with van der Waals surface area (Å²) >= 11 is 0. The minimum absolute atomic E-state index is 0.0536. The molecule has 0 aliphatic rings. The van der Waals surface area contributed by atoms with Crippen LogP contribution in [0.5, 0.6) is 0 Å². The molecule has 0 saturated heterocycles. The van der Waals surface area contributed by atoms with Crippen LogP contribution in [-0.4, -0.2) is 32.7 Å². The molecule has 6 nitrogen and oxygen atoms in total. The van der Waals surface area contributed by atoms with Gasteiger partial charge in [-0.25, -0.2) is 9.37 Å². The number of pyridine rings is 1. The van der Waals surface area contributed by atoms with Crippen molar-refractivity contribution in [2.45, 2.75) is 19.1 Å². The predicted octanol–water partition coefficient (Wildman–Crippen LogP) is 4.23. The van der Waals surface area contributed by atoms with Crippen molar-refractivity contribution in [3.63, 3.8) is 0 Å². The molecule has 2 aromatic heterocycles. The Bertz CT molecular complexity index is 982. The number of rotatable bonds is 6. The molecule has 0 radical (unpaired) electrons. The third-order valence-electron chi connectivity index (χ3n) is 3.90. The summed E-state index contributed by atoms with van der Waals surface area (Å²) in [5.41, 5.74) is -0.954. The van der Waals surface area contributed by atoms with E-state index in [1.54, 1.807) is 25.3 Å². The van der Waals surface area contributed by atoms with E-state index in [-0.39, 0.29) is 18.4 Å². The van der Waals surface area contributed by atoms with Crippen molar-refractivity contribution in [1.82, 2.24) is 15.0 Å². The Morgan fingerprint density at radius 1 is 1.14 bits per heavy atom. The van der Waals surface area contributed by atoms with Crippen molar-refractivity contribution < 1.29 is 22.7 Å². The van der Waals surface area contributed by atoms with Crippen LogP contribution >= 0.6 is 0 Å². The predicted molar refractivity (Wildman–Crippen MR) is 100 cm³/mol. The standard InChI is InChI=1S/C19H17F4N5O/c1-11(10-29)25-18-26-15(12-4-3-7-24-9-12)8-16(28-18)27-17-13(19(21,22)23)5-2-6-14(17)20/h2-9,11,29H,10H2,1H3,(H2,25,26,27,28)/t11-/m1/s1. The maximum atomic E-state index is 14.2. The second kappa shape index (κ2) is 8.39. The first kappa shape index (κ1) is 20.5. The average molecular weight is 407 g/mol. The van der Waals surface area contributed by atoms with E-state index < -0.39 is 29.3 Å². The van der Waals surface area contributed by atoms with Crippen LogP contribution in [0.15, 0.2) is 48.8 Å². The second-order valence-electron chi connectivity index (χ2n) is 6.22. The monoisotopic (exact) mass is 407 g/mol. The van der Waals surface area contributed by atoms with Gasteiger partial charge in [0, 0.05) is 30.1 Å². The number of anilines is 3. The first-order valence-electron chi connectivity index (χ1n) is 8.57. The summed E-state index contributed by atoms with van der Waals surface area (Å²) in [7, 11) is 0. The highest BCUT2D eigenvalue weighted by Crippen LogP contribution is 2.37. The normalized spacial score (nSPS) is 12.5. The van der Waals surface area contributed by atoms with Gasteiger partial charge in [0.15, 0.2) is 0 Å². The third kappa shape index (κ3) is 4.96. The molecule has 1 atom stereocenters. The Labute approximate surface area is 163 Å². The van der Waals surface area contributed by atoms with Gasteiger partial charge in [0.05, 0.1) is 23.6 Å². The summed E-state index contributed by atoms with van der Waals surface area (Å²) in [4.78, 5) is 12.4. The molecule has 0 unspecified atom stereocenters. The van der Waals surface area contributed by atoms with Crippen LogP contribution in [0.3, 0.4) is 0 Å². The Morgan fingerprint density at radius 3 is 2.59 bits per heavy atom. The smallest absolute Gasteiger partial charge is 0.394 e. The van der Waals surface area contributed by atoms with E-state index >= 15 is 0 Å². The Hall–Kier alpha value is -3.27.